The van der Waals surface area contributed by atoms with Crippen LogP contribution in [-0.2, 0) is 24.9 Å². The third-order valence-electron chi connectivity index (χ3n) is 5.66. The molecule has 0 bridgehead atoms. The Balaban J connectivity index is 0.00000363. The van der Waals surface area contributed by atoms with Gasteiger partial charge in [-0.15, -0.1) is 34.2 Å². The Morgan fingerprint density at radius 3 is 2.56 bits per heavy atom. The molecule has 178 valence electrons. The Hall–Kier alpha value is -1.72. The molecule has 0 atom stereocenters. The van der Waals surface area contributed by atoms with E-state index in [4.69, 9.17) is 4.74 Å². The Kier molecular flexibility index (Phi) is 12.0. The van der Waals surface area contributed by atoms with Crippen molar-refractivity contribution in [3.63, 3.8) is 0 Å². The molecule has 1 aliphatic rings. The highest BCUT2D eigenvalue weighted by Crippen LogP contribution is 2.16. The lowest BCUT2D eigenvalue weighted by Gasteiger charge is -2.32. The number of nitrogens with zero attached hydrogens (tertiary/aromatic N) is 5. The second-order valence-electron chi connectivity index (χ2n) is 8.03. The average molecular weight is 556 g/mol. The second-order valence-corrected chi connectivity index (χ2v) is 8.03. The zero-order chi connectivity index (χ0) is 21.9. The summed E-state index contributed by atoms with van der Waals surface area (Å²) < 4.78 is 8.09. The SMILES string of the molecule is CCNC(=NCc1nnc(C)n1C)NCCCOC1CCN(Cc2ccccc2)CC1.I. The van der Waals surface area contributed by atoms with E-state index in [-0.39, 0.29) is 24.0 Å². The van der Waals surface area contributed by atoms with Gasteiger partial charge in [-0.1, -0.05) is 30.3 Å². The first-order valence-electron chi connectivity index (χ1n) is 11.4. The van der Waals surface area contributed by atoms with E-state index in [0.717, 1.165) is 76.2 Å². The van der Waals surface area contributed by atoms with Crippen LogP contribution in [0.4, 0.5) is 0 Å². The van der Waals surface area contributed by atoms with Crippen LogP contribution < -0.4 is 10.6 Å². The quantitative estimate of drug-likeness (QED) is 0.203. The highest BCUT2D eigenvalue weighted by molar-refractivity contribution is 14.0. The number of aliphatic imine (C=N–C) groups is 1. The monoisotopic (exact) mass is 555 g/mol. The van der Waals surface area contributed by atoms with Gasteiger partial charge in [0, 0.05) is 46.4 Å². The second kappa shape index (κ2) is 14.4. The first-order valence-corrected chi connectivity index (χ1v) is 11.4. The summed E-state index contributed by atoms with van der Waals surface area (Å²) in [5.41, 5.74) is 1.39. The molecule has 9 heteroatoms. The van der Waals surface area contributed by atoms with Gasteiger partial charge in [-0.3, -0.25) is 4.90 Å². The lowest BCUT2D eigenvalue weighted by molar-refractivity contribution is 0.00534. The predicted octanol–water partition coefficient (Wildman–Crippen LogP) is 2.87. The van der Waals surface area contributed by atoms with Crippen LogP contribution in [0.2, 0.25) is 0 Å². The minimum Gasteiger partial charge on any atom is -0.378 e. The molecule has 0 unspecified atom stereocenters. The van der Waals surface area contributed by atoms with E-state index in [2.05, 4.69) is 68.0 Å². The Bertz CT molecular complexity index is 804. The lowest BCUT2D eigenvalue weighted by atomic mass is 10.1. The summed E-state index contributed by atoms with van der Waals surface area (Å²) in [7, 11) is 1.96. The van der Waals surface area contributed by atoms with Gasteiger partial charge in [-0.25, -0.2) is 4.99 Å². The molecule has 3 rings (SSSR count). The van der Waals surface area contributed by atoms with Crippen molar-refractivity contribution in [2.24, 2.45) is 12.0 Å². The lowest BCUT2D eigenvalue weighted by Crippen LogP contribution is -2.39. The zero-order valence-corrected chi connectivity index (χ0v) is 21.9. The molecule has 32 heavy (non-hydrogen) atoms. The van der Waals surface area contributed by atoms with Gasteiger partial charge in [-0.2, -0.15) is 0 Å². The van der Waals surface area contributed by atoms with Crippen molar-refractivity contribution in [3.05, 3.63) is 47.5 Å². The molecule has 1 aliphatic heterocycles. The van der Waals surface area contributed by atoms with Gasteiger partial charge >= 0.3 is 0 Å². The number of likely N-dealkylation sites (tertiary alicyclic amines) is 1. The molecule has 0 amide bonds. The van der Waals surface area contributed by atoms with Crippen molar-refractivity contribution < 1.29 is 4.74 Å². The summed E-state index contributed by atoms with van der Waals surface area (Å²) in [6.45, 7) is 10.2. The maximum Gasteiger partial charge on any atom is 0.191 e. The fourth-order valence-electron chi connectivity index (χ4n) is 3.68. The molecule has 0 aliphatic carbocycles. The largest absolute Gasteiger partial charge is 0.378 e. The number of halogens is 1. The van der Waals surface area contributed by atoms with Crippen LogP contribution in [0.3, 0.4) is 0 Å². The molecule has 1 aromatic heterocycles. The number of aromatic nitrogens is 3. The van der Waals surface area contributed by atoms with Crippen molar-refractivity contribution >= 4 is 29.9 Å². The summed E-state index contributed by atoms with van der Waals surface area (Å²) in [6.07, 6.45) is 3.56. The van der Waals surface area contributed by atoms with E-state index in [1.807, 2.05) is 18.5 Å². The van der Waals surface area contributed by atoms with Crippen LogP contribution >= 0.6 is 24.0 Å². The van der Waals surface area contributed by atoms with E-state index in [9.17, 15) is 0 Å². The van der Waals surface area contributed by atoms with Crippen LogP contribution in [-0.4, -0.2) is 64.5 Å². The highest BCUT2D eigenvalue weighted by Gasteiger charge is 2.19. The van der Waals surface area contributed by atoms with Gasteiger partial charge in [0.05, 0.1) is 6.10 Å². The first kappa shape index (κ1) is 26.5. The number of ether oxygens (including phenoxy) is 1. The van der Waals surface area contributed by atoms with Gasteiger partial charge in [0.2, 0.25) is 0 Å². The van der Waals surface area contributed by atoms with Crippen molar-refractivity contribution in [2.75, 3.05) is 32.8 Å². The maximum atomic E-state index is 6.12. The topological polar surface area (TPSA) is 79.6 Å². The number of hydrogen-bond donors (Lipinski definition) is 2. The first-order chi connectivity index (χ1) is 15.2. The smallest absolute Gasteiger partial charge is 0.191 e. The van der Waals surface area contributed by atoms with Crippen LogP contribution in [0.25, 0.3) is 0 Å². The van der Waals surface area contributed by atoms with Crippen molar-refractivity contribution in [1.29, 1.82) is 0 Å². The molecule has 1 saturated heterocycles. The molecule has 2 N–H and O–H groups in total. The Labute approximate surface area is 209 Å². The van der Waals surface area contributed by atoms with Gasteiger partial charge in [0.1, 0.15) is 12.4 Å². The molecule has 0 spiro atoms. The maximum absolute atomic E-state index is 6.12. The third kappa shape index (κ3) is 8.67. The molecular formula is C23H38IN7O. The Morgan fingerprint density at radius 1 is 1.16 bits per heavy atom. The van der Waals surface area contributed by atoms with E-state index in [0.29, 0.717) is 12.6 Å². The van der Waals surface area contributed by atoms with E-state index in [1.54, 1.807) is 0 Å². The standard InChI is InChI=1S/C23H37N7O.HI/c1-4-24-23(26-17-22-28-27-19(2)29(22)3)25-13-8-16-31-21-11-14-30(15-12-21)18-20-9-6-5-7-10-20;/h5-7,9-10,21H,4,8,11-18H2,1-3H3,(H2,24,25,26);1H. The van der Waals surface area contributed by atoms with Crippen molar-refractivity contribution in [3.8, 4) is 0 Å². The number of nitrogens with one attached hydrogen (secondary N) is 2. The van der Waals surface area contributed by atoms with Crippen LogP contribution in [0.15, 0.2) is 35.3 Å². The minimum absolute atomic E-state index is 0. The van der Waals surface area contributed by atoms with E-state index < -0.39 is 0 Å². The van der Waals surface area contributed by atoms with Gasteiger partial charge in [0.25, 0.3) is 0 Å². The van der Waals surface area contributed by atoms with E-state index in [1.165, 1.54) is 5.56 Å². The van der Waals surface area contributed by atoms with Crippen LogP contribution in [0.1, 0.15) is 43.4 Å². The number of guanidine groups is 1. The van der Waals surface area contributed by atoms with Crippen molar-refractivity contribution in [1.82, 2.24) is 30.3 Å². The Morgan fingerprint density at radius 2 is 1.91 bits per heavy atom. The number of benzene rings is 1. The summed E-state index contributed by atoms with van der Waals surface area (Å²) in [4.78, 5) is 7.14. The fourth-order valence-corrected chi connectivity index (χ4v) is 3.68. The average Bonchev–Trinajstić information content (AvgIpc) is 3.11. The summed E-state index contributed by atoms with van der Waals surface area (Å²) >= 11 is 0. The molecule has 1 fully saturated rings. The zero-order valence-electron chi connectivity index (χ0n) is 19.6. The normalized spacial score (nSPS) is 15.4. The summed E-state index contributed by atoms with van der Waals surface area (Å²) in [5, 5.41) is 14.9. The minimum atomic E-state index is 0. The molecule has 2 heterocycles. The van der Waals surface area contributed by atoms with Crippen LogP contribution in [0, 0.1) is 6.92 Å². The molecular weight excluding hydrogens is 517 g/mol. The number of hydrogen-bond acceptors (Lipinski definition) is 5. The number of rotatable bonds is 10. The molecule has 1 aromatic carbocycles. The predicted molar refractivity (Wildman–Crippen MR) is 139 cm³/mol. The number of piperidine rings is 1. The molecule has 2 aromatic rings. The molecule has 0 saturated carbocycles. The third-order valence-corrected chi connectivity index (χ3v) is 5.66. The van der Waals surface area contributed by atoms with Crippen LogP contribution in [0.5, 0.6) is 0 Å². The highest BCUT2D eigenvalue weighted by atomic mass is 127. The fraction of sp³-hybridized carbons (Fsp3) is 0.609. The molecule has 0 radical (unpaired) electrons. The number of aryl methyl sites for hydroxylation is 1. The van der Waals surface area contributed by atoms with Gasteiger partial charge < -0.3 is 19.9 Å². The molecule has 8 nitrogen and oxygen atoms in total. The summed E-state index contributed by atoms with van der Waals surface area (Å²) in [6, 6.07) is 10.7. The van der Waals surface area contributed by atoms with Gasteiger partial charge in [-0.05, 0) is 38.7 Å². The van der Waals surface area contributed by atoms with Gasteiger partial charge in [0.15, 0.2) is 11.8 Å². The summed E-state index contributed by atoms with van der Waals surface area (Å²) in [5.74, 6) is 2.56. The van der Waals surface area contributed by atoms with Crippen molar-refractivity contribution in [2.45, 2.75) is 52.3 Å². The van der Waals surface area contributed by atoms with E-state index >= 15 is 0 Å².